The van der Waals surface area contributed by atoms with Crippen LogP contribution in [0.4, 0.5) is 18.9 Å². The number of benzene rings is 3. The Hall–Kier alpha value is -3.34. The van der Waals surface area contributed by atoms with E-state index in [-0.39, 0.29) is 16.3 Å². The molecule has 0 saturated heterocycles. The summed E-state index contributed by atoms with van der Waals surface area (Å²) in [4.78, 5) is 4.57. The molecular weight excluding hydrogens is 443 g/mol. The zero-order valence-corrected chi connectivity index (χ0v) is 17.3. The normalized spacial score (nSPS) is 12.0. The number of halogens is 4. The molecular formula is C23H13ClF3N3S. The quantitative estimate of drug-likeness (QED) is 0.322. The average molecular weight is 456 g/mol. The number of nitrogens with one attached hydrogen (secondary N) is 1. The van der Waals surface area contributed by atoms with E-state index in [0.29, 0.717) is 5.01 Å². The van der Waals surface area contributed by atoms with Gasteiger partial charge in [0, 0.05) is 22.8 Å². The molecule has 1 N–H and O–H groups in total. The second-order valence-corrected chi connectivity index (χ2v) is 7.84. The molecule has 154 valence electrons. The monoisotopic (exact) mass is 455 g/mol. The van der Waals surface area contributed by atoms with Crippen molar-refractivity contribution in [3.05, 3.63) is 87.8 Å². The summed E-state index contributed by atoms with van der Waals surface area (Å²) in [7, 11) is 0. The van der Waals surface area contributed by atoms with Crippen LogP contribution in [0.25, 0.3) is 27.6 Å². The summed E-state index contributed by atoms with van der Waals surface area (Å²) in [5, 5.41) is 16.3. The average Bonchev–Trinajstić information content (AvgIpc) is 3.24. The molecule has 0 spiro atoms. The lowest BCUT2D eigenvalue weighted by atomic mass is 10.0. The fourth-order valence-electron chi connectivity index (χ4n) is 3.10. The molecule has 31 heavy (non-hydrogen) atoms. The first-order valence-electron chi connectivity index (χ1n) is 9.04. The molecule has 0 aliphatic heterocycles. The third-order valence-corrected chi connectivity index (χ3v) is 5.78. The molecule has 0 aliphatic carbocycles. The lowest BCUT2D eigenvalue weighted by Gasteiger charge is -2.10. The minimum absolute atomic E-state index is 0.162. The molecule has 0 unspecified atom stereocenters. The Balaban J connectivity index is 1.63. The van der Waals surface area contributed by atoms with E-state index in [2.05, 4.69) is 10.3 Å². The summed E-state index contributed by atoms with van der Waals surface area (Å²) in [6.45, 7) is 0. The summed E-state index contributed by atoms with van der Waals surface area (Å²) in [6, 6.07) is 19.4. The number of aromatic nitrogens is 1. The molecule has 0 aliphatic rings. The highest BCUT2D eigenvalue weighted by molar-refractivity contribution is 7.11. The van der Waals surface area contributed by atoms with Crippen LogP contribution in [-0.2, 0) is 6.18 Å². The van der Waals surface area contributed by atoms with Crippen LogP contribution in [0.15, 0.2) is 72.2 Å². The van der Waals surface area contributed by atoms with E-state index in [4.69, 9.17) is 11.6 Å². The van der Waals surface area contributed by atoms with Gasteiger partial charge in [-0.05, 0) is 29.0 Å². The second-order valence-electron chi connectivity index (χ2n) is 6.57. The zero-order chi connectivity index (χ0) is 22.0. The molecule has 0 atom stereocenters. The predicted molar refractivity (Wildman–Crippen MR) is 119 cm³/mol. The molecule has 0 bridgehead atoms. The zero-order valence-electron chi connectivity index (χ0n) is 15.7. The fraction of sp³-hybridized carbons (Fsp3) is 0.0435. The number of thiazole rings is 1. The van der Waals surface area contributed by atoms with Gasteiger partial charge in [-0.2, -0.15) is 18.4 Å². The topological polar surface area (TPSA) is 48.7 Å². The second kappa shape index (κ2) is 8.42. The van der Waals surface area contributed by atoms with Crippen LogP contribution >= 0.6 is 22.9 Å². The van der Waals surface area contributed by atoms with Gasteiger partial charge in [0.2, 0.25) is 0 Å². The van der Waals surface area contributed by atoms with Crippen molar-refractivity contribution in [2.75, 3.05) is 5.32 Å². The molecule has 4 rings (SSSR count). The highest BCUT2D eigenvalue weighted by Crippen LogP contribution is 2.36. The van der Waals surface area contributed by atoms with E-state index < -0.39 is 11.7 Å². The smallest absolute Gasteiger partial charge is 0.360 e. The SMILES string of the molecule is N#CC(=CNc1ccc(Cl)c(C(F)(F)F)c1)c1nc(-c2cccc3ccccc23)cs1. The summed E-state index contributed by atoms with van der Waals surface area (Å²) in [5.41, 5.74) is 1.09. The van der Waals surface area contributed by atoms with E-state index in [0.717, 1.165) is 34.2 Å². The van der Waals surface area contributed by atoms with E-state index >= 15 is 0 Å². The van der Waals surface area contributed by atoms with Crippen molar-refractivity contribution >= 4 is 45.0 Å². The van der Waals surface area contributed by atoms with Crippen LogP contribution in [0.2, 0.25) is 5.02 Å². The van der Waals surface area contributed by atoms with Gasteiger partial charge in [-0.3, -0.25) is 0 Å². The number of alkyl halides is 3. The lowest BCUT2D eigenvalue weighted by Crippen LogP contribution is -2.06. The van der Waals surface area contributed by atoms with E-state index in [1.807, 2.05) is 53.9 Å². The van der Waals surface area contributed by atoms with Gasteiger partial charge in [-0.1, -0.05) is 54.1 Å². The van der Waals surface area contributed by atoms with Crippen LogP contribution in [-0.4, -0.2) is 4.98 Å². The predicted octanol–water partition coefficient (Wildman–Crippen LogP) is 7.61. The maximum Gasteiger partial charge on any atom is 0.417 e. The van der Waals surface area contributed by atoms with Crippen LogP contribution in [0.5, 0.6) is 0 Å². The third kappa shape index (κ3) is 4.41. The molecule has 3 aromatic carbocycles. The van der Waals surface area contributed by atoms with Crippen molar-refractivity contribution in [2.24, 2.45) is 0 Å². The van der Waals surface area contributed by atoms with Gasteiger partial charge in [-0.25, -0.2) is 4.98 Å². The molecule has 4 aromatic rings. The Morgan fingerprint density at radius 3 is 2.65 bits per heavy atom. The number of rotatable bonds is 4. The largest absolute Gasteiger partial charge is 0.417 e. The van der Waals surface area contributed by atoms with Crippen LogP contribution in [0, 0.1) is 11.3 Å². The molecule has 1 heterocycles. The Bertz CT molecular complexity index is 1330. The van der Waals surface area contributed by atoms with E-state index in [1.165, 1.54) is 23.6 Å². The van der Waals surface area contributed by atoms with Gasteiger partial charge in [0.25, 0.3) is 0 Å². The summed E-state index contributed by atoms with van der Waals surface area (Å²) < 4.78 is 39.1. The van der Waals surface area contributed by atoms with Crippen LogP contribution in [0.3, 0.4) is 0 Å². The molecule has 0 radical (unpaired) electrons. The van der Waals surface area contributed by atoms with Crippen molar-refractivity contribution < 1.29 is 13.2 Å². The Morgan fingerprint density at radius 1 is 1.10 bits per heavy atom. The first-order chi connectivity index (χ1) is 14.9. The van der Waals surface area contributed by atoms with Gasteiger partial charge >= 0.3 is 6.18 Å². The van der Waals surface area contributed by atoms with Crippen molar-refractivity contribution in [1.82, 2.24) is 4.98 Å². The fourth-order valence-corrected chi connectivity index (χ4v) is 4.11. The maximum absolute atomic E-state index is 13.0. The first-order valence-corrected chi connectivity index (χ1v) is 10.3. The summed E-state index contributed by atoms with van der Waals surface area (Å²) >= 11 is 6.93. The standard InChI is InChI=1S/C23H13ClF3N3S/c24-20-9-8-16(10-19(20)23(25,26)27)29-12-15(11-28)22-30-21(13-31-22)18-7-3-5-14-4-1-2-6-17(14)18/h1-10,12-13,29H. The molecule has 0 saturated carbocycles. The maximum atomic E-state index is 13.0. The van der Waals surface area contributed by atoms with E-state index in [9.17, 15) is 18.4 Å². The van der Waals surface area contributed by atoms with Gasteiger partial charge in [-0.15, -0.1) is 11.3 Å². The first kappa shape index (κ1) is 20.9. The summed E-state index contributed by atoms with van der Waals surface area (Å²) in [6.07, 6.45) is -3.23. The molecule has 0 fully saturated rings. The van der Waals surface area contributed by atoms with Crippen molar-refractivity contribution in [3.8, 4) is 17.3 Å². The van der Waals surface area contributed by atoms with Crippen LogP contribution in [0.1, 0.15) is 10.6 Å². The number of fused-ring (bicyclic) bond motifs is 1. The number of anilines is 1. The van der Waals surface area contributed by atoms with Gasteiger partial charge in [0.15, 0.2) is 0 Å². The third-order valence-electron chi connectivity index (χ3n) is 4.58. The number of allylic oxidation sites excluding steroid dienone is 1. The molecule has 3 nitrogen and oxygen atoms in total. The van der Waals surface area contributed by atoms with Crippen molar-refractivity contribution in [2.45, 2.75) is 6.18 Å². The highest BCUT2D eigenvalue weighted by atomic mass is 35.5. The van der Waals surface area contributed by atoms with Crippen molar-refractivity contribution in [3.63, 3.8) is 0 Å². The van der Waals surface area contributed by atoms with Gasteiger partial charge < -0.3 is 5.32 Å². The number of nitrogens with zero attached hydrogens (tertiary/aromatic N) is 2. The minimum Gasteiger partial charge on any atom is -0.360 e. The minimum atomic E-state index is -4.57. The molecule has 0 amide bonds. The Morgan fingerprint density at radius 2 is 1.87 bits per heavy atom. The Labute approximate surface area is 185 Å². The highest BCUT2D eigenvalue weighted by Gasteiger charge is 2.33. The van der Waals surface area contributed by atoms with Gasteiger partial charge in [0.1, 0.15) is 16.6 Å². The Kier molecular flexibility index (Phi) is 5.68. The number of nitriles is 1. The summed E-state index contributed by atoms with van der Waals surface area (Å²) in [5.74, 6) is 0. The van der Waals surface area contributed by atoms with Gasteiger partial charge in [0.05, 0.1) is 16.3 Å². The van der Waals surface area contributed by atoms with E-state index in [1.54, 1.807) is 0 Å². The number of hydrogen-bond donors (Lipinski definition) is 1. The molecule has 1 aromatic heterocycles. The molecule has 8 heteroatoms. The van der Waals surface area contributed by atoms with Crippen molar-refractivity contribution in [1.29, 1.82) is 5.26 Å². The number of hydrogen-bond acceptors (Lipinski definition) is 4. The lowest BCUT2D eigenvalue weighted by molar-refractivity contribution is -0.137. The van der Waals surface area contributed by atoms with Crippen LogP contribution < -0.4 is 5.32 Å².